The number of benzene rings is 1. The molecular weight excluding hydrogens is 302 g/mol. The molecule has 0 saturated heterocycles. The van der Waals surface area contributed by atoms with Crippen LogP contribution in [0.15, 0.2) is 27.8 Å². The molecule has 1 aromatic carbocycles. The maximum Gasteiger partial charge on any atom is 0.277 e. The number of aryl methyl sites for hydroxylation is 2. The number of hydrogen-bond donors (Lipinski definition) is 1. The van der Waals surface area contributed by atoms with Crippen LogP contribution >= 0.6 is 11.8 Å². The average molecular weight is 321 g/mol. The largest absolute Gasteiger partial charge is 0.411 e. The molecule has 2 rings (SSSR count). The molecule has 0 atom stereocenters. The van der Waals surface area contributed by atoms with Crippen molar-refractivity contribution >= 4 is 17.7 Å². The van der Waals surface area contributed by atoms with Crippen LogP contribution in [0.25, 0.3) is 11.5 Å². The number of nitrogens with zero attached hydrogens (tertiary/aromatic N) is 2. The molecule has 0 aliphatic carbocycles. The van der Waals surface area contributed by atoms with Gasteiger partial charge in [0.2, 0.25) is 11.8 Å². The van der Waals surface area contributed by atoms with Gasteiger partial charge < -0.3 is 14.5 Å². The van der Waals surface area contributed by atoms with Gasteiger partial charge in [0.1, 0.15) is 0 Å². The Morgan fingerprint density at radius 1 is 1.27 bits per heavy atom. The molecular formula is C15H19N3O3S. The third-order valence-corrected chi connectivity index (χ3v) is 3.65. The lowest BCUT2D eigenvalue weighted by molar-refractivity contribution is -0.118. The lowest BCUT2D eigenvalue weighted by Crippen LogP contribution is -2.28. The highest BCUT2D eigenvalue weighted by molar-refractivity contribution is 7.99. The lowest BCUT2D eigenvalue weighted by atomic mass is 10.1. The number of methoxy groups -OCH3 is 1. The van der Waals surface area contributed by atoms with Crippen molar-refractivity contribution in [3.8, 4) is 11.5 Å². The van der Waals surface area contributed by atoms with Crippen LogP contribution in [0, 0.1) is 13.8 Å². The maximum absolute atomic E-state index is 11.6. The van der Waals surface area contributed by atoms with E-state index in [4.69, 9.17) is 9.15 Å². The van der Waals surface area contributed by atoms with E-state index in [2.05, 4.69) is 21.6 Å². The van der Waals surface area contributed by atoms with Gasteiger partial charge in [-0.2, -0.15) is 0 Å². The monoisotopic (exact) mass is 321 g/mol. The summed E-state index contributed by atoms with van der Waals surface area (Å²) >= 11 is 1.22. The highest BCUT2D eigenvalue weighted by atomic mass is 32.2. The molecule has 0 aliphatic rings. The van der Waals surface area contributed by atoms with Crippen LogP contribution in [0.4, 0.5) is 0 Å². The van der Waals surface area contributed by atoms with Crippen molar-refractivity contribution < 1.29 is 13.9 Å². The van der Waals surface area contributed by atoms with E-state index in [-0.39, 0.29) is 11.7 Å². The van der Waals surface area contributed by atoms with Crippen molar-refractivity contribution in [2.75, 3.05) is 26.0 Å². The Bertz CT molecular complexity index is 622. The van der Waals surface area contributed by atoms with Gasteiger partial charge in [0.05, 0.1) is 12.4 Å². The zero-order valence-corrected chi connectivity index (χ0v) is 13.7. The first-order chi connectivity index (χ1) is 10.6. The van der Waals surface area contributed by atoms with Crippen molar-refractivity contribution in [3.63, 3.8) is 0 Å². The summed E-state index contributed by atoms with van der Waals surface area (Å²) < 4.78 is 10.5. The number of ether oxygens (including phenoxy) is 1. The summed E-state index contributed by atoms with van der Waals surface area (Å²) in [5.74, 6) is 0.611. The molecule has 0 unspecified atom stereocenters. The first kappa shape index (κ1) is 16.5. The summed E-state index contributed by atoms with van der Waals surface area (Å²) in [6.07, 6.45) is 0. The van der Waals surface area contributed by atoms with Crippen LogP contribution in [-0.2, 0) is 9.53 Å². The van der Waals surface area contributed by atoms with E-state index in [1.807, 2.05) is 26.0 Å². The maximum atomic E-state index is 11.6. The average Bonchev–Trinajstić information content (AvgIpc) is 2.93. The third kappa shape index (κ3) is 4.85. The van der Waals surface area contributed by atoms with Crippen molar-refractivity contribution in [1.82, 2.24) is 15.5 Å². The van der Waals surface area contributed by atoms with Crippen LogP contribution < -0.4 is 5.32 Å². The molecule has 0 fully saturated rings. The molecule has 0 bridgehead atoms. The van der Waals surface area contributed by atoms with Gasteiger partial charge in [0, 0.05) is 19.2 Å². The Labute approximate surface area is 133 Å². The first-order valence-corrected chi connectivity index (χ1v) is 7.87. The predicted octanol–water partition coefficient (Wildman–Crippen LogP) is 2.21. The molecule has 7 heteroatoms. The van der Waals surface area contributed by atoms with Crippen molar-refractivity contribution in [2.45, 2.75) is 19.1 Å². The highest BCUT2D eigenvalue weighted by Gasteiger charge is 2.11. The molecule has 0 spiro atoms. The molecule has 2 aromatic rings. The molecule has 22 heavy (non-hydrogen) atoms. The normalized spacial score (nSPS) is 10.7. The third-order valence-electron chi connectivity index (χ3n) is 2.83. The molecule has 1 aromatic heterocycles. The molecule has 0 radical (unpaired) electrons. The van der Waals surface area contributed by atoms with Crippen molar-refractivity contribution in [3.05, 3.63) is 29.3 Å². The molecule has 6 nitrogen and oxygen atoms in total. The Balaban J connectivity index is 1.92. The van der Waals surface area contributed by atoms with E-state index < -0.39 is 0 Å². The summed E-state index contributed by atoms with van der Waals surface area (Å²) in [6, 6.07) is 6.07. The fourth-order valence-electron chi connectivity index (χ4n) is 1.95. The second-order valence-electron chi connectivity index (χ2n) is 4.88. The van der Waals surface area contributed by atoms with Gasteiger partial charge in [-0.15, -0.1) is 10.2 Å². The fourth-order valence-corrected chi connectivity index (χ4v) is 2.55. The van der Waals surface area contributed by atoms with Crippen LogP contribution in [0.1, 0.15) is 11.1 Å². The quantitative estimate of drug-likeness (QED) is 0.622. The summed E-state index contributed by atoms with van der Waals surface area (Å²) in [5.41, 5.74) is 3.17. The standard InChI is InChI=1S/C15H19N3O3S/c1-10-6-11(2)8-12(7-10)14-17-18-15(21-14)22-9-13(19)16-4-5-20-3/h6-8H,4-5,9H2,1-3H3,(H,16,19). The fraction of sp³-hybridized carbons (Fsp3) is 0.400. The van der Waals surface area contributed by atoms with Gasteiger partial charge >= 0.3 is 0 Å². The second-order valence-corrected chi connectivity index (χ2v) is 5.81. The van der Waals surface area contributed by atoms with Gasteiger partial charge in [0.25, 0.3) is 5.22 Å². The van der Waals surface area contributed by atoms with Gasteiger partial charge in [-0.3, -0.25) is 4.79 Å². The van der Waals surface area contributed by atoms with Crippen LogP contribution in [0.5, 0.6) is 0 Å². The van der Waals surface area contributed by atoms with E-state index in [9.17, 15) is 4.79 Å². The topological polar surface area (TPSA) is 77.2 Å². The van der Waals surface area contributed by atoms with Crippen LogP contribution in [-0.4, -0.2) is 42.1 Å². The number of hydrogen-bond acceptors (Lipinski definition) is 6. The number of rotatable bonds is 7. The van der Waals surface area contributed by atoms with Gasteiger partial charge in [-0.05, 0) is 26.0 Å². The summed E-state index contributed by atoms with van der Waals surface area (Å²) in [4.78, 5) is 11.6. The lowest BCUT2D eigenvalue weighted by Gasteiger charge is -2.02. The number of amides is 1. The number of thioether (sulfide) groups is 1. The molecule has 1 N–H and O–H groups in total. The molecule has 0 aliphatic heterocycles. The summed E-state index contributed by atoms with van der Waals surface area (Å²) in [7, 11) is 1.59. The minimum Gasteiger partial charge on any atom is -0.411 e. The van der Waals surface area contributed by atoms with E-state index in [0.29, 0.717) is 24.3 Å². The molecule has 0 saturated carbocycles. The number of carbonyl (C=O) groups is 1. The second kappa shape index (κ2) is 7.95. The van der Waals surface area contributed by atoms with E-state index in [1.54, 1.807) is 7.11 Å². The number of carbonyl (C=O) groups excluding carboxylic acids is 1. The SMILES string of the molecule is COCCNC(=O)CSc1nnc(-c2cc(C)cc(C)c2)o1. The Morgan fingerprint density at radius 3 is 2.68 bits per heavy atom. The zero-order valence-electron chi connectivity index (χ0n) is 12.9. The van der Waals surface area contributed by atoms with E-state index in [1.165, 1.54) is 11.8 Å². The minimum atomic E-state index is -0.0896. The Hall–Kier alpha value is -1.86. The van der Waals surface area contributed by atoms with E-state index >= 15 is 0 Å². The summed E-state index contributed by atoms with van der Waals surface area (Å²) in [6.45, 7) is 5.03. The number of nitrogens with one attached hydrogen (secondary N) is 1. The zero-order chi connectivity index (χ0) is 15.9. The Morgan fingerprint density at radius 2 is 2.00 bits per heavy atom. The van der Waals surface area contributed by atoms with Gasteiger partial charge in [-0.25, -0.2) is 0 Å². The molecule has 118 valence electrons. The van der Waals surface area contributed by atoms with E-state index in [0.717, 1.165) is 16.7 Å². The minimum absolute atomic E-state index is 0.0896. The Kier molecular flexibility index (Phi) is 5.97. The van der Waals surface area contributed by atoms with Gasteiger partial charge in [0.15, 0.2) is 0 Å². The van der Waals surface area contributed by atoms with Crippen molar-refractivity contribution in [2.24, 2.45) is 0 Å². The number of aromatic nitrogens is 2. The smallest absolute Gasteiger partial charge is 0.277 e. The molecule has 1 amide bonds. The predicted molar refractivity (Wildman–Crippen MR) is 84.8 cm³/mol. The highest BCUT2D eigenvalue weighted by Crippen LogP contribution is 2.24. The first-order valence-electron chi connectivity index (χ1n) is 6.89. The summed E-state index contributed by atoms with van der Waals surface area (Å²) in [5, 5.41) is 11.1. The van der Waals surface area contributed by atoms with Crippen LogP contribution in [0.2, 0.25) is 0 Å². The van der Waals surface area contributed by atoms with Crippen LogP contribution in [0.3, 0.4) is 0 Å². The van der Waals surface area contributed by atoms with Gasteiger partial charge in [-0.1, -0.05) is 29.0 Å². The molecule has 1 heterocycles. The van der Waals surface area contributed by atoms with Crippen molar-refractivity contribution in [1.29, 1.82) is 0 Å².